The van der Waals surface area contributed by atoms with Gasteiger partial charge in [0.25, 0.3) is 0 Å². The molecular formula is C22H32N2OS. The Hall–Kier alpha value is -1.29. The Morgan fingerprint density at radius 2 is 1.69 bits per heavy atom. The second-order valence-corrected chi connectivity index (χ2v) is 9.36. The SMILES string of the molecule is CCCC(NC(=S)Nc1ccc(OC)cc1)C12CC3CC(CC(C3)C1)C2. The van der Waals surface area contributed by atoms with Gasteiger partial charge in [-0.2, -0.15) is 0 Å². The van der Waals surface area contributed by atoms with E-state index in [-0.39, 0.29) is 0 Å². The fourth-order valence-electron chi connectivity index (χ4n) is 6.42. The van der Waals surface area contributed by atoms with E-state index in [1.807, 2.05) is 24.3 Å². The van der Waals surface area contributed by atoms with Gasteiger partial charge in [-0.1, -0.05) is 13.3 Å². The van der Waals surface area contributed by atoms with Crippen molar-refractivity contribution in [2.24, 2.45) is 23.2 Å². The minimum absolute atomic E-state index is 0.483. The maximum Gasteiger partial charge on any atom is 0.171 e. The lowest BCUT2D eigenvalue weighted by Crippen LogP contribution is -2.57. The summed E-state index contributed by atoms with van der Waals surface area (Å²) in [5, 5.41) is 7.89. The van der Waals surface area contributed by atoms with Crippen LogP contribution in [0.2, 0.25) is 0 Å². The molecular weight excluding hydrogens is 340 g/mol. The van der Waals surface area contributed by atoms with E-state index in [0.717, 1.165) is 34.3 Å². The van der Waals surface area contributed by atoms with Gasteiger partial charge in [0.2, 0.25) is 0 Å². The normalized spacial score (nSPS) is 32.9. The Balaban J connectivity index is 1.44. The van der Waals surface area contributed by atoms with Crippen LogP contribution in [0.3, 0.4) is 0 Å². The number of nitrogens with one attached hydrogen (secondary N) is 2. The van der Waals surface area contributed by atoms with E-state index < -0.39 is 0 Å². The van der Waals surface area contributed by atoms with Crippen LogP contribution in [-0.4, -0.2) is 18.3 Å². The van der Waals surface area contributed by atoms with Crippen molar-refractivity contribution >= 4 is 23.0 Å². The van der Waals surface area contributed by atoms with E-state index in [2.05, 4.69) is 17.6 Å². The zero-order valence-corrected chi connectivity index (χ0v) is 16.9. The number of methoxy groups -OCH3 is 1. The lowest BCUT2D eigenvalue weighted by atomic mass is 9.47. The van der Waals surface area contributed by atoms with Crippen molar-refractivity contribution < 1.29 is 4.74 Å². The van der Waals surface area contributed by atoms with Crippen molar-refractivity contribution in [3.05, 3.63) is 24.3 Å². The second kappa shape index (κ2) is 7.38. The van der Waals surface area contributed by atoms with Crippen molar-refractivity contribution in [1.82, 2.24) is 5.32 Å². The molecule has 0 amide bonds. The van der Waals surface area contributed by atoms with Gasteiger partial charge in [0.1, 0.15) is 5.75 Å². The van der Waals surface area contributed by atoms with Gasteiger partial charge in [0, 0.05) is 11.7 Å². The number of ether oxygens (including phenoxy) is 1. The van der Waals surface area contributed by atoms with Gasteiger partial charge in [0.05, 0.1) is 7.11 Å². The van der Waals surface area contributed by atoms with Crippen LogP contribution in [0, 0.1) is 23.2 Å². The van der Waals surface area contributed by atoms with E-state index in [0.29, 0.717) is 11.5 Å². The molecule has 0 heterocycles. The summed E-state index contributed by atoms with van der Waals surface area (Å²) in [5.74, 6) is 3.80. The molecule has 0 aromatic heterocycles. The minimum Gasteiger partial charge on any atom is -0.497 e. The highest BCUT2D eigenvalue weighted by molar-refractivity contribution is 7.80. The first-order valence-corrected chi connectivity index (χ1v) is 10.7. The number of thiocarbonyl (C=S) groups is 1. The van der Waals surface area contributed by atoms with E-state index in [9.17, 15) is 0 Å². The lowest BCUT2D eigenvalue weighted by Gasteiger charge is -2.59. The van der Waals surface area contributed by atoms with Crippen molar-refractivity contribution in [2.75, 3.05) is 12.4 Å². The van der Waals surface area contributed by atoms with Gasteiger partial charge in [-0.15, -0.1) is 0 Å². The minimum atomic E-state index is 0.483. The number of rotatable bonds is 6. The van der Waals surface area contributed by atoms with Gasteiger partial charge in [-0.25, -0.2) is 0 Å². The van der Waals surface area contributed by atoms with Gasteiger partial charge in [0.15, 0.2) is 5.11 Å². The predicted octanol–water partition coefficient (Wildman–Crippen LogP) is 5.37. The summed E-state index contributed by atoms with van der Waals surface area (Å²) < 4.78 is 5.23. The zero-order chi connectivity index (χ0) is 18.1. The molecule has 142 valence electrons. The highest BCUT2D eigenvalue weighted by Gasteiger charge is 2.54. The molecule has 4 heteroatoms. The van der Waals surface area contributed by atoms with Gasteiger partial charge < -0.3 is 15.4 Å². The molecule has 3 nitrogen and oxygen atoms in total. The van der Waals surface area contributed by atoms with Crippen LogP contribution in [0.25, 0.3) is 0 Å². The van der Waals surface area contributed by atoms with Crippen LogP contribution < -0.4 is 15.4 Å². The van der Waals surface area contributed by atoms with Gasteiger partial charge in [-0.3, -0.25) is 0 Å². The molecule has 4 bridgehead atoms. The molecule has 0 saturated heterocycles. The first-order valence-electron chi connectivity index (χ1n) is 10.3. The molecule has 4 fully saturated rings. The summed E-state index contributed by atoms with van der Waals surface area (Å²) in [6.07, 6.45) is 11.2. The Kier molecular flexibility index (Phi) is 5.13. The second-order valence-electron chi connectivity index (χ2n) is 8.95. The molecule has 1 aromatic carbocycles. The molecule has 5 rings (SSSR count). The van der Waals surface area contributed by atoms with Crippen LogP contribution in [-0.2, 0) is 0 Å². The third-order valence-electron chi connectivity index (χ3n) is 7.06. The molecule has 4 saturated carbocycles. The third-order valence-corrected chi connectivity index (χ3v) is 7.28. The molecule has 26 heavy (non-hydrogen) atoms. The van der Waals surface area contributed by atoms with Gasteiger partial charge >= 0.3 is 0 Å². The standard InChI is InChI=1S/C22H32N2OS/c1-3-4-20(22-12-15-9-16(13-22)11-17(10-15)14-22)24-21(26)23-18-5-7-19(25-2)8-6-18/h5-8,15-17,20H,3-4,9-14H2,1-2H3,(H2,23,24,26). The molecule has 0 spiro atoms. The number of anilines is 1. The van der Waals surface area contributed by atoms with Gasteiger partial charge in [-0.05, 0) is 105 Å². The fourth-order valence-corrected chi connectivity index (χ4v) is 6.68. The summed E-state index contributed by atoms with van der Waals surface area (Å²) in [5.41, 5.74) is 1.50. The highest BCUT2D eigenvalue weighted by atomic mass is 32.1. The molecule has 2 N–H and O–H groups in total. The first kappa shape index (κ1) is 18.1. The van der Waals surface area contributed by atoms with Crippen molar-refractivity contribution in [1.29, 1.82) is 0 Å². The topological polar surface area (TPSA) is 33.3 Å². The van der Waals surface area contributed by atoms with E-state index in [1.165, 1.54) is 51.4 Å². The van der Waals surface area contributed by atoms with Crippen molar-refractivity contribution in [2.45, 2.75) is 64.3 Å². The Labute approximate surface area is 163 Å². The summed E-state index contributed by atoms with van der Waals surface area (Å²) in [7, 11) is 1.69. The Bertz CT molecular complexity index is 607. The smallest absolute Gasteiger partial charge is 0.171 e. The summed E-state index contributed by atoms with van der Waals surface area (Å²) in [6, 6.07) is 8.49. The lowest BCUT2D eigenvalue weighted by molar-refractivity contribution is -0.0718. The van der Waals surface area contributed by atoms with Crippen LogP contribution in [0.4, 0.5) is 5.69 Å². The monoisotopic (exact) mass is 372 g/mol. The predicted molar refractivity (Wildman–Crippen MR) is 112 cm³/mol. The average Bonchev–Trinajstić information content (AvgIpc) is 2.61. The van der Waals surface area contributed by atoms with Crippen LogP contribution >= 0.6 is 12.2 Å². The molecule has 4 aliphatic rings. The average molecular weight is 373 g/mol. The maximum atomic E-state index is 5.69. The largest absolute Gasteiger partial charge is 0.497 e. The molecule has 4 aliphatic carbocycles. The quantitative estimate of drug-likeness (QED) is 0.658. The zero-order valence-electron chi connectivity index (χ0n) is 16.1. The third kappa shape index (κ3) is 3.58. The summed E-state index contributed by atoms with van der Waals surface area (Å²) in [6.45, 7) is 2.30. The van der Waals surface area contributed by atoms with Crippen molar-refractivity contribution in [3.63, 3.8) is 0 Å². The molecule has 1 atom stereocenters. The van der Waals surface area contributed by atoms with E-state index >= 15 is 0 Å². The fraction of sp³-hybridized carbons (Fsp3) is 0.682. The summed E-state index contributed by atoms with van der Waals surface area (Å²) >= 11 is 5.69. The Morgan fingerprint density at radius 1 is 1.12 bits per heavy atom. The van der Waals surface area contributed by atoms with E-state index in [4.69, 9.17) is 17.0 Å². The molecule has 1 unspecified atom stereocenters. The highest BCUT2D eigenvalue weighted by Crippen LogP contribution is 2.61. The van der Waals surface area contributed by atoms with Crippen molar-refractivity contribution in [3.8, 4) is 5.75 Å². The van der Waals surface area contributed by atoms with Crippen LogP contribution in [0.1, 0.15) is 58.3 Å². The summed E-state index contributed by atoms with van der Waals surface area (Å²) in [4.78, 5) is 0. The number of hydrogen-bond acceptors (Lipinski definition) is 2. The number of benzene rings is 1. The maximum absolute atomic E-state index is 5.69. The van der Waals surface area contributed by atoms with Crippen LogP contribution in [0.15, 0.2) is 24.3 Å². The molecule has 1 aromatic rings. The Morgan fingerprint density at radius 3 is 2.19 bits per heavy atom. The number of hydrogen-bond donors (Lipinski definition) is 2. The molecule has 0 aliphatic heterocycles. The first-order chi connectivity index (χ1) is 12.6. The molecule has 0 radical (unpaired) electrons. The van der Waals surface area contributed by atoms with Crippen LogP contribution in [0.5, 0.6) is 5.75 Å². The van der Waals surface area contributed by atoms with E-state index in [1.54, 1.807) is 7.11 Å².